The molecule has 0 unspecified atom stereocenters. The Morgan fingerprint density at radius 3 is 2.07 bits per heavy atom. The third-order valence-electron chi connectivity index (χ3n) is 1.69. The van der Waals surface area contributed by atoms with Crippen molar-refractivity contribution in [2.45, 2.75) is 41.5 Å². The Bertz CT molecular complexity index is 246. The molecule has 0 saturated heterocycles. The van der Waals surface area contributed by atoms with Crippen molar-refractivity contribution in [1.82, 2.24) is 0 Å². The van der Waals surface area contributed by atoms with Gasteiger partial charge in [0.1, 0.15) is 0 Å². The first-order chi connectivity index (χ1) is 6.47. The van der Waals surface area contributed by atoms with Crippen molar-refractivity contribution < 1.29 is 0 Å². The molecule has 0 amide bonds. The first kappa shape index (κ1) is 15.4. The molecule has 1 aliphatic carbocycles. The van der Waals surface area contributed by atoms with E-state index in [2.05, 4.69) is 36.4 Å². The molecule has 1 aromatic rings. The molecule has 0 heterocycles. The van der Waals surface area contributed by atoms with Gasteiger partial charge in [-0.05, 0) is 17.5 Å². The first-order valence-electron chi connectivity index (χ1n) is 5.21. The molecule has 0 bridgehead atoms. The largest absolute Gasteiger partial charge is 0.0795 e. The van der Waals surface area contributed by atoms with Gasteiger partial charge in [0.25, 0.3) is 0 Å². The molecule has 0 nitrogen and oxygen atoms in total. The summed E-state index contributed by atoms with van der Waals surface area (Å²) in [6.45, 7) is 8.00. The lowest BCUT2D eigenvalue weighted by atomic mass is 10.1. The number of allylic oxidation sites excluding steroid dienone is 1. The van der Waals surface area contributed by atoms with Gasteiger partial charge in [0, 0.05) is 0 Å². The SMILES string of the molecule is C.C1=Cc2ccccc2C1.CC.CC. The number of fused-ring (bicyclic) bond motifs is 1. The van der Waals surface area contributed by atoms with E-state index in [4.69, 9.17) is 0 Å². The van der Waals surface area contributed by atoms with Gasteiger partial charge in [0.05, 0.1) is 0 Å². The van der Waals surface area contributed by atoms with Gasteiger partial charge in [-0.25, -0.2) is 0 Å². The monoisotopic (exact) mass is 192 g/mol. The molecule has 0 aromatic heterocycles. The molecule has 0 atom stereocenters. The lowest BCUT2D eigenvalue weighted by Crippen LogP contribution is -1.76. The smallest absolute Gasteiger partial charge is 0.00882 e. The lowest BCUT2D eigenvalue weighted by Gasteiger charge is -1.93. The summed E-state index contributed by atoms with van der Waals surface area (Å²) in [5, 5.41) is 0. The van der Waals surface area contributed by atoms with Crippen LogP contribution in [0.1, 0.15) is 46.2 Å². The Kier molecular flexibility index (Phi) is 11.1. The molecular formula is C14H24. The molecule has 0 heteroatoms. The molecule has 0 saturated carbocycles. The van der Waals surface area contributed by atoms with E-state index < -0.39 is 0 Å². The third kappa shape index (κ3) is 4.27. The van der Waals surface area contributed by atoms with Crippen molar-refractivity contribution in [3.05, 3.63) is 41.5 Å². The summed E-state index contributed by atoms with van der Waals surface area (Å²) < 4.78 is 0. The maximum absolute atomic E-state index is 2.20. The Balaban J connectivity index is 0. The molecule has 2 rings (SSSR count). The fourth-order valence-electron chi connectivity index (χ4n) is 1.20. The highest BCUT2D eigenvalue weighted by molar-refractivity contribution is 5.59. The molecular weight excluding hydrogens is 168 g/mol. The Morgan fingerprint density at radius 2 is 1.50 bits per heavy atom. The van der Waals surface area contributed by atoms with Crippen molar-refractivity contribution >= 4 is 6.08 Å². The standard InChI is InChI=1S/C9H8.2C2H6.CH4/c1-2-5-9-7-3-6-8(9)4-1;2*1-2;/h1-6H,7H2;2*1-2H3;1H4. The van der Waals surface area contributed by atoms with E-state index in [1.165, 1.54) is 11.1 Å². The predicted octanol–water partition coefficient (Wildman–Crippen LogP) is 4.94. The van der Waals surface area contributed by atoms with E-state index in [9.17, 15) is 0 Å². The highest BCUT2D eigenvalue weighted by Crippen LogP contribution is 2.17. The van der Waals surface area contributed by atoms with Gasteiger partial charge >= 0.3 is 0 Å². The van der Waals surface area contributed by atoms with Gasteiger partial charge in [-0.1, -0.05) is 71.5 Å². The summed E-state index contributed by atoms with van der Waals surface area (Å²) in [6, 6.07) is 8.49. The highest BCUT2D eigenvalue weighted by Gasteiger charge is 2.00. The van der Waals surface area contributed by atoms with E-state index in [-0.39, 0.29) is 7.43 Å². The average molecular weight is 192 g/mol. The van der Waals surface area contributed by atoms with Crippen LogP contribution in [0.5, 0.6) is 0 Å². The molecule has 0 aliphatic heterocycles. The molecule has 14 heavy (non-hydrogen) atoms. The summed E-state index contributed by atoms with van der Waals surface area (Å²) >= 11 is 0. The molecule has 0 spiro atoms. The van der Waals surface area contributed by atoms with Crippen molar-refractivity contribution in [2.75, 3.05) is 0 Å². The zero-order valence-electron chi connectivity index (χ0n) is 9.17. The molecule has 1 aromatic carbocycles. The van der Waals surface area contributed by atoms with Crippen LogP contribution >= 0.6 is 0 Å². The fraction of sp³-hybridized carbons (Fsp3) is 0.429. The molecule has 0 fully saturated rings. The van der Waals surface area contributed by atoms with Gasteiger partial charge in [-0.2, -0.15) is 0 Å². The highest BCUT2D eigenvalue weighted by atomic mass is 14.0. The summed E-state index contributed by atoms with van der Waals surface area (Å²) in [7, 11) is 0. The predicted molar refractivity (Wildman–Crippen MR) is 68.6 cm³/mol. The third-order valence-corrected chi connectivity index (χ3v) is 1.69. The zero-order chi connectivity index (χ0) is 10.1. The van der Waals surface area contributed by atoms with Gasteiger partial charge < -0.3 is 0 Å². The second kappa shape index (κ2) is 10.0. The maximum atomic E-state index is 2.20. The van der Waals surface area contributed by atoms with E-state index in [0.717, 1.165) is 6.42 Å². The van der Waals surface area contributed by atoms with Crippen LogP contribution in [0, 0.1) is 0 Å². The summed E-state index contributed by atoms with van der Waals surface area (Å²) in [5.74, 6) is 0. The van der Waals surface area contributed by atoms with Crippen LogP contribution in [0.2, 0.25) is 0 Å². The Morgan fingerprint density at radius 1 is 0.929 bits per heavy atom. The second-order valence-corrected chi connectivity index (χ2v) is 2.31. The number of benzene rings is 1. The molecule has 0 radical (unpaired) electrons. The number of hydrogen-bond donors (Lipinski definition) is 0. The van der Waals surface area contributed by atoms with Crippen LogP contribution in [0.4, 0.5) is 0 Å². The topological polar surface area (TPSA) is 0 Å². The maximum Gasteiger partial charge on any atom is -0.00882 e. The van der Waals surface area contributed by atoms with Crippen LogP contribution in [-0.4, -0.2) is 0 Å². The number of hydrogen-bond acceptors (Lipinski definition) is 0. The van der Waals surface area contributed by atoms with Gasteiger partial charge in [0.15, 0.2) is 0 Å². The van der Waals surface area contributed by atoms with Crippen molar-refractivity contribution in [3.63, 3.8) is 0 Å². The van der Waals surface area contributed by atoms with Crippen molar-refractivity contribution in [3.8, 4) is 0 Å². The lowest BCUT2D eigenvalue weighted by molar-refractivity contribution is 1.31. The van der Waals surface area contributed by atoms with Crippen LogP contribution in [-0.2, 0) is 6.42 Å². The summed E-state index contributed by atoms with van der Waals surface area (Å²) in [4.78, 5) is 0. The summed E-state index contributed by atoms with van der Waals surface area (Å²) in [6.07, 6.45) is 5.50. The van der Waals surface area contributed by atoms with Crippen molar-refractivity contribution in [2.24, 2.45) is 0 Å². The Hall–Kier alpha value is -1.04. The molecule has 0 N–H and O–H groups in total. The molecule has 1 aliphatic rings. The van der Waals surface area contributed by atoms with E-state index in [1.54, 1.807) is 0 Å². The van der Waals surface area contributed by atoms with Gasteiger partial charge in [0.2, 0.25) is 0 Å². The van der Waals surface area contributed by atoms with Crippen LogP contribution in [0.25, 0.3) is 6.08 Å². The minimum Gasteiger partial charge on any atom is -0.0795 e. The van der Waals surface area contributed by atoms with Crippen LogP contribution in [0.3, 0.4) is 0 Å². The molecule has 80 valence electrons. The van der Waals surface area contributed by atoms with E-state index in [1.807, 2.05) is 27.7 Å². The van der Waals surface area contributed by atoms with Crippen LogP contribution < -0.4 is 0 Å². The minimum absolute atomic E-state index is 0. The summed E-state index contributed by atoms with van der Waals surface area (Å²) in [5.41, 5.74) is 2.84. The van der Waals surface area contributed by atoms with Crippen molar-refractivity contribution in [1.29, 1.82) is 0 Å². The van der Waals surface area contributed by atoms with E-state index >= 15 is 0 Å². The normalized spacial score (nSPS) is 9.71. The minimum atomic E-state index is 0. The first-order valence-corrected chi connectivity index (χ1v) is 5.21. The van der Waals surface area contributed by atoms with E-state index in [0.29, 0.717) is 0 Å². The average Bonchev–Trinajstić information content (AvgIpc) is 2.71. The quantitative estimate of drug-likeness (QED) is 0.546. The van der Waals surface area contributed by atoms with Crippen LogP contribution in [0.15, 0.2) is 30.3 Å². The Labute approximate surface area is 89.7 Å². The fourth-order valence-corrected chi connectivity index (χ4v) is 1.20. The second-order valence-electron chi connectivity index (χ2n) is 2.31. The van der Waals surface area contributed by atoms with Gasteiger partial charge in [-0.15, -0.1) is 0 Å². The zero-order valence-corrected chi connectivity index (χ0v) is 9.17. The number of rotatable bonds is 0. The van der Waals surface area contributed by atoms with Gasteiger partial charge in [-0.3, -0.25) is 0 Å².